The van der Waals surface area contributed by atoms with Gasteiger partial charge in [-0.25, -0.2) is 4.98 Å². The fraction of sp³-hybridized carbons (Fsp3) is 0.412. The molecule has 3 heterocycles. The number of nitrogens with zero attached hydrogens (tertiary/aromatic N) is 3. The van der Waals surface area contributed by atoms with E-state index >= 15 is 0 Å². The van der Waals surface area contributed by atoms with Crippen LogP contribution in [0, 0.1) is 0 Å². The van der Waals surface area contributed by atoms with Crippen molar-refractivity contribution in [1.29, 1.82) is 0 Å². The number of nitrogens with one attached hydrogen (secondary N) is 2. The molecule has 0 aromatic carbocycles. The highest BCUT2D eigenvalue weighted by Crippen LogP contribution is 2.27. The molecule has 1 saturated heterocycles. The van der Waals surface area contributed by atoms with E-state index in [-0.39, 0.29) is 23.4 Å². The molecule has 2 aromatic heterocycles. The first-order valence-electron chi connectivity index (χ1n) is 8.07. The molecule has 1 aliphatic heterocycles. The Morgan fingerprint density at radius 3 is 2.92 bits per heavy atom. The number of aromatic nitrogens is 3. The minimum atomic E-state index is -0.209. The van der Waals surface area contributed by atoms with Crippen molar-refractivity contribution in [2.45, 2.75) is 38.8 Å². The van der Waals surface area contributed by atoms with Crippen molar-refractivity contribution < 1.29 is 4.79 Å². The topological polar surface area (TPSA) is 91.0 Å². The second-order valence-corrected chi connectivity index (χ2v) is 6.31. The predicted octanol–water partition coefficient (Wildman–Crippen LogP) is 1.50. The number of carbonyl (C=O) groups excluding carboxylic acids is 1. The Bertz CT molecular complexity index is 772. The molecular weight excluding hydrogens is 306 g/mol. The molecular formula is C17H21N5O2. The van der Waals surface area contributed by atoms with Crippen LogP contribution in [0.25, 0.3) is 0 Å². The van der Waals surface area contributed by atoms with Crippen molar-refractivity contribution in [2.75, 3.05) is 11.9 Å². The largest absolute Gasteiger partial charge is 0.354 e. The molecule has 1 amide bonds. The zero-order valence-corrected chi connectivity index (χ0v) is 13.8. The van der Waals surface area contributed by atoms with Gasteiger partial charge in [-0.15, -0.1) is 0 Å². The molecule has 7 nitrogen and oxygen atoms in total. The van der Waals surface area contributed by atoms with Crippen LogP contribution >= 0.6 is 0 Å². The molecule has 2 N–H and O–H groups in total. The monoisotopic (exact) mass is 327 g/mol. The number of rotatable bonds is 5. The summed E-state index contributed by atoms with van der Waals surface area (Å²) in [7, 11) is 0. The maximum atomic E-state index is 12.3. The lowest BCUT2D eigenvalue weighted by atomic mass is 10.0. The molecule has 0 radical (unpaired) electrons. The van der Waals surface area contributed by atoms with Crippen molar-refractivity contribution in [3.05, 3.63) is 52.2 Å². The van der Waals surface area contributed by atoms with E-state index in [0.29, 0.717) is 31.2 Å². The number of pyridine rings is 1. The lowest BCUT2D eigenvalue weighted by Crippen LogP contribution is -2.25. The van der Waals surface area contributed by atoms with Crippen LogP contribution in [0.1, 0.15) is 37.6 Å². The van der Waals surface area contributed by atoms with Gasteiger partial charge in [0, 0.05) is 37.2 Å². The average Bonchev–Trinajstić information content (AvgIpc) is 2.88. The van der Waals surface area contributed by atoms with Crippen molar-refractivity contribution >= 4 is 11.9 Å². The quantitative estimate of drug-likeness (QED) is 0.868. The first-order chi connectivity index (χ1) is 11.5. The third-order valence-electron chi connectivity index (χ3n) is 3.90. The van der Waals surface area contributed by atoms with Crippen LogP contribution < -0.4 is 10.9 Å². The minimum Gasteiger partial charge on any atom is -0.354 e. The van der Waals surface area contributed by atoms with Gasteiger partial charge >= 0.3 is 0 Å². The Labute approximate surface area is 140 Å². The smallest absolute Gasteiger partial charge is 0.252 e. The zero-order valence-electron chi connectivity index (χ0n) is 13.8. The summed E-state index contributed by atoms with van der Waals surface area (Å²) in [5, 5.41) is 3.10. The van der Waals surface area contributed by atoms with E-state index in [1.54, 1.807) is 11.1 Å². The summed E-state index contributed by atoms with van der Waals surface area (Å²) >= 11 is 0. The standard InChI is InChI=1S/C17H21N5O2/c1-11(2)19-17-20-14(8-15(23)21-17)12-7-16(24)22(9-12)10-13-5-3-4-6-18-13/h3-6,8,11-12H,7,9-10H2,1-2H3,(H2,19,20,21,23)/t12-/m1/s1. The molecule has 3 rings (SSSR count). The Balaban J connectivity index is 1.75. The highest BCUT2D eigenvalue weighted by atomic mass is 16.2. The first kappa shape index (κ1) is 16.2. The van der Waals surface area contributed by atoms with Crippen molar-refractivity contribution in [3.8, 4) is 0 Å². The molecule has 2 aromatic rings. The number of H-pyrrole nitrogens is 1. The van der Waals surface area contributed by atoms with Crippen LogP contribution in [0.15, 0.2) is 35.3 Å². The van der Waals surface area contributed by atoms with Crippen LogP contribution in [0.5, 0.6) is 0 Å². The van der Waals surface area contributed by atoms with Crippen LogP contribution in [0.3, 0.4) is 0 Å². The van der Waals surface area contributed by atoms with Gasteiger partial charge in [-0.05, 0) is 26.0 Å². The van der Waals surface area contributed by atoms with E-state index in [1.807, 2.05) is 32.0 Å². The molecule has 1 fully saturated rings. The van der Waals surface area contributed by atoms with E-state index in [2.05, 4.69) is 20.3 Å². The highest BCUT2D eigenvalue weighted by Gasteiger charge is 2.32. The molecule has 7 heteroatoms. The Morgan fingerprint density at radius 1 is 1.38 bits per heavy atom. The molecule has 0 spiro atoms. The van der Waals surface area contributed by atoms with Crippen molar-refractivity contribution in [3.63, 3.8) is 0 Å². The Kier molecular flexibility index (Phi) is 4.59. The Morgan fingerprint density at radius 2 is 2.21 bits per heavy atom. The first-order valence-corrected chi connectivity index (χ1v) is 8.07. The minimum absolute atomic E-state index is 0.0612. The van der Waals surface area contributed by atoms with Crippen LogP contribution in [-0.2, 0) is 11.3 Å². The molecule has 1 atom stereocenters. The van der Waals surface area contributed by atoms with Gasteiger partial charge in [0.25, 0.3) is 5.56 Å². The number of hydrogen-bond donors (Lipinski definition) is 2. The van der Waals surface area contributed by atoms with E-state index in [1.165, 1.54) is 6.07 Å². The zero-order chi connectivity index (χ0) is 17.1. The fourth-order valence-corrected chi connectivity index (χ4v) is 2.84. The van der Waals surface area contributed by atoms with Crippen molar-refractivity contribution in [1.82, 2.24) is 19.9 Å². The maximum absolute atomic E-state index is 12.3. The van der Waals surface area contributed by atoms with Gasteiger partial charge in [-0.1, -0.05) is 6.07 Å². The SMILES string of the molecule is CC(C)Nc1nc([C@@H]2CC(=O)N(Cc3ccccn3)C2)cc(=O)[nH]1. The van der Waals surface area contributed by atoms with Crippen molar-refractivity contribution in [2.24, 2.45) is 0 Å². The van der Waals surface area contributed by atoms with Gasteiger partial charge in [-0.2, -0.15) is 0 Å². The van der Waals surface area contributed by atoms with Gasteiger partial charge in [0.15, 0.2) is 0 Å². The fourth-order valence-electron chi connectivity index (χ4n) is 2.84. The third kappa shape index (κ3) is 3.79. The van der Waals surface area contributed by atoms with Gasteiger partial charge in [0.1, 0.15) is 0 Å². The second kappa shape index (κ2) is 6.82. The number of aromatic amines is 1. The number of carbonyl (C=O) groups is 1. The number of likely N-dealkylation sites (tertiary alicyclic amines) is 1. The molecule has 24 heavy (non-hydrogen) atoms. The lowest BCUT2D eigenvalue weighted by molar-refractivity contribution is -0.128. The number of anilines is 1. The van der Waals surface area contributed by atoms with Crippen LogP contribution in [-0.4, -0.2) is 38.3 Å². The molecule has 0 bridgehead atoms. The van der Waals surface area contributed by atoms with Gasteiger partial charge < -0.3 is 10.2 Å². The lowest BCUT2D eigenvalue weighted by Gasteiger charge is -2.16. The summed E-state index contributed by atoms with van der Waals surface area (Å²) in [4.78, 5) is 37.3. The van der Waals surface area contributed by atoms with Gasteiger partial charge in [0.05, 0.1) is 17.9 Å². The van der Waals surface area contributed by atoms with Gasteiger partial charge in [0.2, 0.25) is 11.9 Å². The van der Waals surface area contributed by atoms with E-state index in [0.717, 1.165) is 5.69 Å². The van der Waals surface area contributed by atoms with E-state index in [9.17, 15) is 9.59 Å². The summed E-state index contributed by atoms with van der Waals surface area (Å²) in [6.07, 6.45) is 2.08. The van der Waals surface area contributed by atoms with Crippen LogP contribution in [0.4, 0.5) is 5.95 Å². The van der Waals surface area contributed by atoms with E-state index < -0.39 is 0 Å². The summed E-state index contributed by atoms with van der Waals surface area (Å²) in [6, 6.07) is 7.29. The molecule has 1 aliphatic rings. The van der Waals surface area contributed by atoms with Gasteiger partial charge in [-0.3, -0.25) is 19.6 Å². The van der Waals surface area contributed by atoms with E-state index in [4.69, 9.17) is 0 Å². The number of amides is 1. The normalized spacial score (nSPS) is 17.5. The molecule has 0 saturated carbocycles. The second-order valence-electron chi connectivity index (χ2n) is 6.31. The summed E-state index contributed by atoms with van der Waals surface area (Å²) in [5.41, 5.74) is 1.30. The summed E-state index contributed by atoms with van der Waals surface area (Å²) in [5.74, 6) is 0.436. The molecule has 126 valence electrons. The van der Waals surface area contributed by atoms with Crippen LogP contribution in [0.2, 0.25) is 0 Å². The molecule has 0 unspecified atom stereocenters. The molecule has 0 aliphatic carbocycles. The average molecular weight is 327 g/mol. The maximum Gasteiger partial charge on any atom is 0.252 e. The number of hydrogen-bond acceptors (Lipinski definition) is 5. The Hall–Kier alpha value is -2.70. The third-order valence-corrected chi connectivity index (χ3v) is 3.90. The predicted molar refractivity (Wildman–Crippen MR) is 90.6 cm³/mol. The summed E-state index contributed by atoms with van der Waals surface area (Å²) < 4.78 is 0. The highest BCUT2D eigenvalue weighted by molar-refractivity contribution is 5.79. The summed E-state index contributed by atoms with van der Waals surface area (Å²) in [6.45, 7) is 4.98.